The van der Waals surface area contributed by atoms with Gasteiger partial charge in [-0.05, 0) is 31.4 Å². The number of morpholine rings is 1. The molecular formula is C20H29N3O2. The van der Waals surface area contributed by atoms with Crippen LogP contribution in [0.2, 0.25) is 0 Å². The van der Waals surface area contributed by atoms with Crippen LogP contribution >= 0.6 is 0 Å². The van der Waals surface area contributed by atoms with E-state index in [2.05, 4.69) is 67.3 Å². The lowest BCUT2D eigenvalue weighted by atomic mass is 10.1. The number of benzene rings is 1. The van der Waals surface area contributed by atoms with E-state index in [-0.39, 0.29) is 12.2 Å². The topological polar surface area (TPSA) is 50.5 Å². The maximum absolute atomic E-state index is 5.86. The molecule has 1 N–H and O–H groups in total. The molecule has 1 aromatic heterocycles. The standard InChI is InChI=1S/C20H29N3O2/c1-14(2)19-9-18(25-22-19)11-21-10-17-7-5-6-8-20(17)23-12-15(3)24-16(4)13-23/h5-9,14-16,21H,10-13H2,1-4H3/t15-,16-/m1/s1. The van der Waals surface area contributed by atoms with E-state index in [0.29, 0.717) is 12.5 Å². The molecule has 5 heteroatoms. The van der Waals surface area contributed by atoms with Gasteiger partial charge in [-0.2, -0.15) is 0 Å². The highest BCUT2D eigenvalue weighted by Crippen LogP contribution is 2.24. The molecule has 5 nitrogen and oxygen atoms in total. The van der Waals surface area contributed by atoms with Crippen LogP contribution in [0.4, 0.5) is 5.69 Å². The quantitative estimate of drug-likeness (QED) is 0.867. The molecule has 3 rings (SSSR count). The molecule has 0 aliphatic carbocycles. The Hall–Kier alpha value is -1.85. The van der Waals surface area contributed by atoms with Crippen LogP contribution in [0.15, 0.2) is 34.9 Å². The van der Waals surface area contributed by atoms with Gasteiger partial charge in [-0.15, -0.1) is 0 Å². The normalized spacial score (nSPS) is 21.1. The van der Waals surface area contributed by atoms with Crippen molar-refractivity contribution in [3.05, 3.63) is 47.3 Å². The van der Waals surface area contributed by atoms with E-state index in [1.54, 1.807) is 0 Å². The molecule has 0 unspecified atom stereocenters. The van der Waals surface area contributed by atoms with Gasteiger partial charge in [0.1, 0.15) is 0 Å². The number of hydrogen-bond acceptors (Lipinski definition) is 5. The number of aromatic nitrogens is 1. The van der Waals surface area contributed by atoms with E-state index in [1.165, 1.54) is 11.3 Å². The van der Waals surface area contributed by atoms with Crippen LogP contribution in [0.25, 0.3) is 0 Å². The van der Waals surface area contributed by atoms with Crippen molar-refractivity contribution in [1.29, 1.82) is 0 Å². The van der Waals surface area contributed by atoms with Gasteiger partial charge in [0.25, 0.3) is 0 Å². The minimum atomic E-state index is 0.258. The van der Waals surface area contributed by atoms with Crippen LogP contribution < -0.4 is 10.2 Å². The number of para-hydroxylation sites is 1. The summed E-state index contributed by atoms with van der Waals surface area (Å²) in [5.74, 6) is 1.28. The average Bonchev–Trinajstić information content (AvgIpc) is 3.03. The van der Waals surface area contributed by atoms with Gasteiger partial charge in [-0.25, -0.2) is 0 Å². The van der Waals surface area contributed by atoms with Gasteiger partial charge >= 0.3 is 0 Å². The van der Waals surface area contributed by atoms with Gasteiger partial charge in [0.15, 0.2) is 5.76 Å². The van der Waals surface area contributed by atoms with E-state index in [0.717, 1.165) is 31.1 Å². The Morgan fingerprint density at radius 2 is 1.88 bits per heavy atom. The van der Waals surface area contributed by atoms with Crippen molar-refractivity contribution in [2.24, 2.45) is 0 Å². The lowest BCUT2D eigenvalue weighted by Crippen LogP contribution is -2.46. The zero-order valence-corrected chi connectivity index (χ0v) is 15.7. The first-order chi connectivity index (χ1) is 12.0. The van der Waals surface area contributed by atoms with E-state index in [1.807, 2.05) is 6.07 Å². The molecule has 0 saturated carbocycles. The molecule has 2 aromatic rings. The van der Waals surface area contributed by atoms with E-state index < -0.39 is 0 Å². The fraction of sp³-hybridized carbons (Fsp3) is 0.550. The first kappa shape index (κ1) is 18.0. The zero-order chi connectivity index (χ0) is 17.8. The Morgan fingerprint density at radius 1 is 1.16 bits per heavy atom. The summed E-state index contributed by atoms with van der Waals surface area (Å²) in [7, 11) is 0. The maximum atomic E-state index is 5.86. The summed E-state index contributed by atoms with van der Waals surface area (Å²) in [5, 5.41) is 7.59. The molecule has 0 spiro atoms. The third-order valence-electron chi connectivity index (χ3n) is 4.54. The molecule has 1 aliphatic rings. The van der Waals surface area contributed by atoms with Crippen molar-refractivity contribution in [3.63, 3.8) is 0 Å². The third kappa shape index (κ3) is 4.61. The van der Waals surface area contributed by atoms with Crippen LogP contribution in [0.3, 0.4) is 0 Å². The van der Waals surface area contributed by atoms with Crippen molar-refractivity contribution in [3.8, 4) is 0 Å². The highest BCUT2D eigenvalue weighted by atomic mass is 16.5. The Labute approximate surface area is 150 Å². The highest BCUT2D eigenvalue weighted by molar-refractivity contribution is 5.54. The summed E-state index contributed by atoms with van der Waals surface area (Å²) in [6, 6.07) is 10.6. The van der Waals surface area contributed by atoms with Gasteiger partial charge in [-0.1, -0.05) is 37.2 Å². The molecule has 136 valence electrons. The minimum Gasteiger partial charge on any atom is -0.372 e. The van der Waals surface area contributed by atoms with Gasteiger partial charge in [-0.3, -0.25) is 0 Å². The lowest BCUT2D eigenvalue weighted by molar-refractivity contribution is -0.00526. The number of hydrogen-bond donors (Lipinski definition) is 1. The van der Waals surface area contributed by atoms with Gasteiger partial charge < -0.3 is 19.5 Å². The maximum Gasteiger partial charge on any atom is 0.150 e. The SMILES string of the molecule is CC(C)c1cc(CNCc2ccccc2N2C[C@@H](C)O[C@H](C)C2)on1. The summed E-state index contributed by atoms with van der Waals surface area (Å²) < 4.78 is 11.3. The van der Waals surface area contributed by atoms with Crippen molar-refractivity contribution in [2.45, 2.75) is 58.9 Å². The largest absolute Gasteiger partial charge is 0.372 e. The summed E-state index contributed by atoms with van der Waals surface area (Å²) >= 11 is 0. The number of nitrogens with zero attached hydrogens (tertiary/aromatic N) is 2. The second-order valence-corrected chi connectivity index (χ2v) is 7.27. The number of ether oxygens (including phenoxy) is 1. The first-order valence-corrected chi connectivity index (χ1v) is 9.17. The molecule has 2 heterocycles. The van der Waals surface area contributed by atoms with Crippen molar-refractivity contribution >= 4 is 5.69 Å². The number of nitrogens with one attached hydrogen (secondary N) is 1. The third-order valence-corrected chi connectivity index (χ3v) is 4.54. The molecule has 0 radical (unpaired) electrons. The molecule has 1 aliphatic heterocycles. The Balaban J connectivity index is 1.62. The molecule has 1 fully saturated rings. The minimum absolute atomic E-state index is 0.258. The monoisotopic (exact) mass is 343 g/mol. The molecular weight excluding hydrogens is 314 g/mol. The second-order valence-electron chi connectivity index (χ2n) is 7.27. The summed E-state index contributed by atoms with van der Waals surface area (Å²) in [6.45, 7) is 11.9. The molecule has 25 heavy (non-hydrogen) atoms. The summed E-state index contributed by atoms with van der Waals surface area (Å²) in [6.07, 6.45) is 0.516. The van der Waals surface area contributed by atoms with Crippen LogP contribution in [-0.2, 0) is 17.8 Å². The van der Waals surface area contributed by atoms with Crippen molar-refractivity contribution < 1.29 is 9.26 Å². The predicted octanol–water partition coefficient (Wildman–Crippen LogP) is 3.70. The lowest BCUT2D eigenvalue weighted by Gasteiger charge is -2.37. The highest BCUT2D eigenvalue weighted by Gasteiger charge is 2.23. The molecule has 1 aromatic carbocycles. The van der Waals surface area contributed by atoms with Gasteiger partial charge in [0.05, 0.1) is 24.4 Å². The average molecular weight is 343 g/mol. The van der Waals surface area contributed by atoms with Gasteiger partial charge in [0.2, 0.25) is 0 Å². The van der Waals surface area contributed by atoms with Crippen LogP contribution in [0.1, 0.15) is 50.6 Å². The predicted molar refractivity (Wildman–Crippen MR) is 99.8 cm³/mol. The fourth-order valence-electron chi connectivity index (χ4n) is 3.35. The second kappa shape index (κ2) is 8.02. The van der Waals surface area contributed by atoms with E-state index >= 15 is 0 Å². The zero-order valence-electron chi connectivity index (χ0n) is 15.7. The molecule has 0 amide bonds. The summed E-state index contributed by atoms with van der Waals surface area (Å²) in [5.41, 5.74) is 3.60. The van der Waals surface area contributed by atoms with Crippen molar-refractivity contribution in [1.82, 2.24) is 10.5 Å². The molecule has 0 bridgehead atoms. The smallest absolute Gasteiger partial charge is 0.150 e. The molecule has 2 atom stereocenters. The van der Waals surface area contributed by atoms with Crippen LogP contribution in [-0.4, -0.2) is 30.5 Å². The van der Waals surface area contributed by atoms with Crippen molar-refractivity contribution in [2.75, 3.05) is 18.0 Å². The van der Waals surface area contributed by atoms with Crippen LogP contribution in [0, 0.1) is 0 Å². The fourth-order valence-corrected chi connectivity index (χ4v) is 3.35. The number of anilines is 1. The number of rotatable bonds is 6. The first-order valence-electron chi connectivity index (χ1n) is 9.17. The Bertz CT molecular complexity index is 673. The van der Waals surface area contributed by atoms with Crippen LogP contribution in [0.5, 0.6) is 0 Å². The van der Waals surface area contributed by atoms with Gasteiger partial charge in [0, 0.05) is 31.4 Å². The van der Waals surface area contributed by atoms with E-state index in [4.69, 9.17) is 9.26 Å². The Morgan fingerprint density at radius 3 is 2.56 bits per heavy atom. The molecule has 1 saturated heterocycles. The summed E-state index contributed by atoms with van der Waals surface area (Å²) in [4.78, 5) is 2.43. The Kier molecular flexibility index (Phi) is 5.76. The van der Waals surface area contributed by atoms with E-state index in [9.17, 15) is 0 Å².